The third-order valence-electron chi connectivity index (χ3n) is 5.82. The standard InChI is InChI=1S/C22H29NO5S/c1-15(2)12-23(16-9-10-29(25,26)14-16)22(24)13-27-17-7-8-21-19(11-17)18-5-3-4-6-20(18)28-21/h7-8,11,15-16H,3-6,9-10,12-14H2,1-2H3/t16-/m1/s1. The van der Waals surface area contributed by atoms with Crippen molar-refractivity contribution in [3.05, 3.63) is 29.5 Å². The molecule has 29 heavy (non-hydrogen) atoms. The van der Waals surface area contributed by atoms with Crippen molar-refractivity contribution in [2.45, 2.75) is 52.0 Å². The summed E-state index contributed by atoms with van der Waals surface area (Å²) in [6.07, 6.45) is 4.83. The van der Waals surface area contributed by atoms with E-state index in [0.29, 0.717) is 18.7 Å². The summed E-state index contributed by atoms with van der Waals surface area (Å²) in [6, 6.07) is 5.45. The first kappa shape index (κ1) is 20.3. The van der Waals surface area contributed by atoms with Gasteiger partial charge < -0.3 is 14.1 Å². The molecule has 4 rings (SSSR count). The Morgan fingerprint density at radius 2 is 2.07 bits per heavy atom. The second-order valence-electron chi connectivity index (χ2n) is 8.65. The maximum Gasteiger partial charge on any atom is 0.260 e. The number of ether oxygens (including phenoxy) is 1. The smallest absolute Gasteiger partial charge is 0.260 e. The number of hydrogen-bond donors (Lipinski definition) is 0. The predicted molar refractivity (Wildman–Crippen MR) is 112 cm³/mol. The molecule has 1 aromatic carbocycles. The molecule has 0 saturated carbocycles. The Kier molecular flexibility index (Phi) is 5.60. The summed E-state index contributed by atoms with van der Waals surface area (Å²) in [7, 11) is -3.05. The van der Waals surface area contributed by atoms with Crippen LogP contribution in [-0.2, 0) is 27.5 Å². The van der Waals surface area contributed by atoms with Crippen molar-refractivity contribution < 1.29 is 22.4 Å². The zero-order valence-corrected chi connectivity index (χ0v) is 18.0. The molecule has 2 aromatic rings. The number of amides is 1. The molecule has 7 heteroatoms. The van der Waals surface area contributed by atoms with Gasteiger partial charge in [-0.1, -0.05) is 13.8 Å². The Morgan fingerprint density at radius 1 is 1.28 bits per heavy atom. The second kappa shape index (κ2) is 8.01. The Labute approximate surface area is 172 Å². The molecule has 1 amide bonds. The van der Waals surface area contributed by atoms with Crippen LogP contribution in [0.2, 0.25) is 0 Å². The molecule has 1 aliphatic heterocycles. The monoisotopic (exact) mass is 419 g/mol. The number of aryl methyl sites for hydroxylation is 2. The fourth-order valence-corrected chi connectivity index (χ4v) is 6.16. The van der Waals surface area contributed by atoms with Crippen LogP contribution in [0.3, 0.4) is 0 Å². The Balaban J connectivity index is 1.47. The van der Waals surface area contributed by atoms with E-state index in [1.54, 1.807) is 4.90 Å². The zero-order chi connectivity index (χ0) is 20.6. The van der Waals surface area contributed by atoms with E-state index in [1.807, 2.05) is 32.0 Å². The van der Waals surface area contributed by atoms with Crippen LogP contribution < -0.4 is 4.74 Å². The van der Waals surface area contributed by atoms with Crippen LogP contribution in [-0.4, -0.2) is 49.9 Å². The molecule has 0 radical (unpaired) electrons. The van der Waals surface area contributed by atoms with Crippen molar-refractivity contribution in [1.29, 1.82) is 0 Å². The van der Waals surface area contributed by atoms with E-state index in [0.717, 1.165) is 36.0 Å². The zero-order valence-electron chi connectivity index (χ0n) is 17.1. The first-order chi connectivity index (χ1) is 13.8. The van der Waals surface area contributed by atoms with Gasteiger partial charge >= 0.3 is 0 Å². The average molecular weight is 420 g/mol. The first-order valence-electron chi connectivity index (χ1n) is 10.5. The fraction of sp³-hybridized carbons (Fsp3) is 0.591. The van der Waals surface area contributed by atoms with Crippen molar-refractivity contribution in [1.82, 2.24) is 4.90 Å². The summed E-state index contributed by atoms with van der Waals surface area (Å²) in [5, 5.41) is 1.07. The lowest BCUT2D eigenvalue weighted by Gasteiger charge is -2.29. The molecule has 0 spiro atoms. The number of benzene rings is 1. The topological polar surface area (TPSA) is 76.8 Å². The van der Waals surface area contributed by atoms with Crippen LogP contribution in [0.25, 0.3) is 11.0 Å². The highest BCUT2D eigenvalue weighted by molar-refractivity contribution is 7.91. The fourth-order valence-electron chi connectivity index (χ4n) is 4.43. The molecule has 158 valence electrons. The minimum absolute atomic E-state index is 0.0541. The van der Waals surface area contributed by atoms with Gasteiger partial charge in [0, 0.05) is 30.0 Å². The number of furan rings is 1. The maximum absolute atomic E-state index is 12.9. The lowest BCUT2D eigenvalue weighted by molar-refractivity contribution is -0.135. The number of sulfone groups is 1. The molecule has 1 atom stereocenters. The van der Waals surface area contributed by atoms with Gasteiger partial charge in [-0.3, -0.25) is 4.79 Å². The van der Waals surface area contributed by atoms with Gasteiger partial charge in [-0.15, -0.1) is 0 Å². The number of carbonyl (C=O) groups is 1. The molecule has 1 aromatic heterocycles. The van der Waals surface area contributed by atoms with E-state index in [4.69, 9.17) is 9.15 Å². The molecule has 1 aliphatic carbocycles. The van der Waals surface area contributed by atoms with Crippen LogP contribution in [0.4, 0.5) is 0 Å². The second-order valence-corrected chi connectivity index (χ2v) is 10.9. The minimum atomic E-state index is -3.05. The van der Waals surface area contributed by atoms with Crippen molar-refractivity contribution in [2.75, 3.05) is 24.7 Å². The third-order valence-corrected chi connectivity index (χ3v) is 7.57. The summed E-state index contributed by atoms with van der Waals surface area (Å²) in [6.45, 7) is 4.51. The van der Waals surface area contributed by atoms with Crippen molar-refractivity contribution >= 4 is 26.7 Å². The molecule has 6 nitrogen and oxygen atoms in total. The van der Waals surface area contributed by atoms with E-state index in [2.05, 4.69) is 0 Å². The number of rotatable bonds is 6. The van der Waals surface area contributed by atoms with Gasteiger partial charge in [0.15, 0.2) is 16.4 Å². The van der Waals surface area contributed by atoms with Gasteiger partial charge in [-0.05, 0) is 49.8 Å². The molecule has 2 heterocycles. The molecule has 1 saturated heterocycles. The molecule has 0 unspecified atom stereocenters. The number of nitrogens with zero attached hydrogens (tertiary/aromatic N) is 1. The maximum atomic E-state index is 12.9. The van der Waals surface area contributed by atoms with Crippen molar-refractivity contribution in [3.63, 3.8) is 0 Å². The SMILES string of the molecule is CC(C)CN(C(=O)COc1ccc2oc3c(c2c1)CCCC3)[C@@H]1CCS(=O)(=O)C1. The minimum Gasteiger partial charge on any atom is -0.484 e. The summed E-state index contributed by atoms with van der Waals surface area (Å²) in [5.74, 6) is 2.03. The van der Waals surface area contributed by atoms with Crippen LogP contribution in [0.1, 0.15) is 44.4 Å². The van der Waals surface area contributed by atoms with Gasteiger partial charge in [0.2, 0.25) is 0 Å². The Hall–Kier alpha value is -2.02. The summed E-state index contributed by atoms with van der Waals surface area (Å²) in [4.78, 5) is 14.6. The number of hydrogen-bond acceptors (Lipinski definition) is 5. The van der Waals surface area contributed by atoms with E-state index < -0.39 is 9.84 Å². The third kappa shape index (κ3) is 4.44. The molecule has 1 fully saturated rings. The van der Waals surface area contributed by atoms with E-state index in [-0.39, 0.29) is 36.0 Å². The summed E-state index contributed by atoms with van der Waals surface area (Å²) in [5.41, 5.74) is 2.13. The first-order valence-corrected chi connectivity index (χ1v) is 12.3. The largest absolute Gasteiger partial charge is 0.484 e. The highest BCUT2D eigenvalue weighted by Gasteiger charge is 2.35. The van der Waals surface area contributed by atoms with Crippen molar-refractivity contribution in [2.24, 2.45) is 5.92 Å². The molecule has 0 bridgehead atoms. The van der Waals surface area contributed by atoms with Crippen LogP contribution in [0.5, 0.6) is 5.75 Å². The quantitative estimate of drug-likeness (QED) is 0.718. The molecular weight excluding hydrogens is 390 g/mol. The van der Waals surface area contributed by atoms with Gasteiger partial charge in [-0.2, -0.15) is 0 Å². The highest BCUT2D eigenvalue weighted by atomic mass is 32.2. The number of carbonyl (C=O) groups excluding carboxylic acids is 1. The van der Waals surface area contributed by atoms with Crippen LogP contribution in [0, 0.1) is 5.92 Å². The van der Waals surface area contributed by atoms with Crippen LogP contribution >= 0.6 is 0 Å². The predicted octanol–water partition coefficient (Wildman–Crippen LogP) is 3.36. The summed E-state index contributed by atoms with van der Waals surface area (Å²) >= 11 is 0. The van der Waals surface area contributed by atoms with Crippen LogP contribution in [0.15, 0.2) is 22.6 Å². The van der Waals surface area contributed by atoms with Gasteiger partial charge in [-0.25, -0.2) is 8.42 Å². The lowest BCUT2D eigenvalue weighted by Crippen LogP contribution is -2.45. The molecule has 2 aliphatic rings. The Bertz CT molecular complexity index is 1010. The summed E-state index contributed by atoms with van der Waals surface area (Å²) < 4.78 is 35.5. The van der Waals surface area contributed by atoms with E-state index in [1.165, 1.54) is 12.0 Å². The molecular formula is C22H29NO5S. The van der Waals surface area contributed by atoms with Crippen molar-refractivity contribution in [3.8, 4) is 5.75 Å². The van der Waals surface area contributed by atoms with E-state index in [9.17, 15) is 13.2 Å². The van der Waals surface area contributed by atoms with Gasteiger partial charge in [0.25, 0.3) is 5.91 Å². The average Bonchev–Trinajstić information content (AvgIpc) is 3.23. The highest BCUT2D eigenvalue weighted by Crippen LogP contribution is 2.34. The van der Waals surface area contributed by atoms with Gasteiger partial charge in [0.1, 0.15) is 17.1 Å². The normalized spacial score (nSPS) is 20.7. The lowest BCUT2D eigenvalue weighted by atomic mass is 9.96. The number of fused-ring (bicyclic) bond motifs is 3. The van der Waals surface area contributed by atoms with Gasteiger partial charge in [0.05, 0.1) is 11.5 Å². The van der Waals surface area contributed by atoms with E-state index >= 15 is 0 Å². The Morgan fingerprint density at radius 3 is 2.79 bits per heavy atom. The molecule has 0 N–H and O–H groups in total.